The van der Waals surface area contributed by atoms with Gasteiger partial charge in [-0.3, -0.25) is 4.79 Å². The molecule has 6 nitrogen and oxygen atoms in total. The van der Waals surface area contributed by atoms with Crippen LogP contribution < -0.4 is 14.8 Å². The summed E-state index contributed by atoms with van der Waals surface area (Å²) in [5, 5.41) is 11.3. The molecule has 1 amide bonds. The second-order valence-corrected chi connectivity index (χ2v) is 10.2. The predicted octanol–water partition coefficient (Wildman–Crippen LogP) is 6.36. The lowest BCUT2D eigenvalue weighted by molar-refractivity contribution is -0.113. The normalized spacial score (nSPS) is 10.6. The molecule has 3 aromatic carbocycles. The van der Waals surface area contributed by atoms with Crippen molar-refractivity contribution >= 4 is 46.5 Å². The summed E-state index contributed by atoms with van der Waals surface area (Å²) < 4.78 is 12.6. The van der Waals surface area contributed by atoms with E-state index in [2.05, 4.69) is 15.5 Å². The van der Waals surface area contributed by atoms with Crippen LogP contribution in [0.25, 0.3) is 0 Å². The summed E-state index contributed by atoms with van der Waals surface area (Å²) in [6.07, 6.45) is 0. The van der Waals surface area contributed by atoms with Crippen molar-refractivity contribution in [2.75, 3.05) is 18.2 Å². The molecule has 0 saturated carbocycles. The maximum Gasteiger partial charge on any atom is 0.234 e. The minimum atomic E-state index is -0.0978. The molecule has 0 saturated heterocycles. The van der Waals surface area contributed by atoms with Gasteiger partial charge in [-0.05, 0) is 54.1 Å². The Bertz CT molecular complexity index is 1170. The van der Waals surface area contributed by atoms with Gasteiger partial charge in [0.1, 0.15) is 17.2 Å². The average molecular weight is 496 g/mol. The number of ether oxygens (including phenoxy) is 2. The van der Waals surface area contributed by atoms with Crippen LogP contribution in [0.5, 0.6) is 17.2 Å². The lowest BCUT2D eigenvalue weighted by Crippen LogP contribution is -2.13. The number of hydrogen-bond donors (Lipinski definition) is 1. The van der Waals surface area contributed by atoms with Crippen LogP contribution in [-0.2, 0) is 10.5 Å². The summed E-state index contributed by atoms with van der Waals surface area (Å²) in [4.78, 5) is 12.3. The maximum absolute atomic E-state index is 12.3. The van der Waals surface area contributed by atoms with Crippen LogP contribution >= 0.6 is 34.9 Å². The summed E-state index contributed by atoms with van der Waals surface area (Å²) in [7, 11) is 1.65. The fourth-order valence-corrected chi connectivity index (χ4v) is 5.51. The Hall–Kier alpha value is -3.01. The second kappa shape index (κ2) is 11.7. The zero-order chi connectivity index (χ0) is 22.9. The van der Waals surface area contributed by atoms with Gasteiger partial charge in [-0.25, -0.2) is 0 Å². The quantitative estimate of drug-likeness (QED) is 0.257. The lowest BCUT2D eigenvalue weighted by Gasteiger charge is -2.07. The van der Waals surface area contributed by atoms with Crippen LogP contribution in [-0.4, -0.2) is 29.0 Å². The second-order valence-electron chi connectivity index (χ2n) is 6.75. The van der Waals surface area contributed by atoms with Crippen molar-refractivity contribution < 1.29 is 14.3 Å². The molecule has 4 aromatic rings. The molecule has 33 heavy (non-hydrogen) atoms. The van der Waals surface area contributed by atoms with Crippen LogP contribution in [0.4, 0.5) is 5.69 Å². The molecule has 9 heteroatoms. The van der Waals surface area contributed by atoms with Crippen LogP contribution in [0.15, 0.2) is 87.5 Å². The molecule has 0 atom stereocenters. The highest BCUT2D eigenvalue weighted by molar-refractivity contribution is 8.03. The number of nitrogens with zero attached hydrogens (tertiary/aromatic N) is 2. The van der Waals surface area contributed by atoms with Crippen molar-refractivity contribution in [1.82, 2.24) is 10.2 Å². The van der Waals surface area contributed by atoms with Gasteiger partial charge in [0.25, 0.3) is 0 Å². The van der Waals surface area contributed by atoms with E-state index in [0.717, 1.165) is 25.9 Å². The van der Waals surface area contributed by atoms with E-state index in [9.17, 15) is 4.79 Å². The fourth-order valence-electron chi connectivity index (χ4n) is 2.74. The molecule has 168 valence electrons. The van der Waals surface area contributed by atoms with Crippen molar-refractivity contribution in [3.63, 3.8) is 0 Å². The number of hydrogen-bond acceptors (Lipinski definition) is 8. The number of carbonyl (C=O) groups excluding carboxylic acids is 1. The molecule has 0 aliphatic rings. The van der Waals surface area contributed by atoms with Gasteiger partial charge in [-0.15, -0.1) is 10.2 Å². The van der Waals surface area contributed by atoms with Crippen molar-refractivity contribution in [3.05, 3.63) is 84.4 Å². The summed E-state index contributed by atoms with van der Waals surface area (Å²) in [5.41, 5.74) is 1.90. The minimum Gasteiger partial charge on any atom is -0.497 e. The van der Waals surface area contributed by atoms with Crippen LogP contribution in [0.1, 0.15) is 5.56 Å². The Morgan fingerprint density at radius 1 is 0.848 bits per heavy atom. The van der Waals surface area contributed by atoms with Crippen LogP contribution in [0, 0.1) is 0 Å². The van der Waals surface area contributed by atoms with E-state index >= 15 is 0 Å². The maximum atomic E-state index is 12.3. The largest absolute Gasteiger partial charge is 0.497 e. The monoisotopic (exact) mass is 495 g/mol. The van der Waals surface area contributed by atoms with E-state index in [-0.39, 0.29) is 11.7 Å². The zero-order valence-corrected chi connectivity index (χ0v) is 20.2. The third-order valence-corrected chi connectivity index (χ3v) is 7.61. The van der Waals surface area contributed by atoms with Gasteiger partial charge >= 0.3 is 0 Å². The number of thioether (sulfide) groups is 2. The van der Waals surface area contributed by atoms with Gasteiger partial charge in [0.2, 0.25) is 5.91 Å². The van der Waals surface area contributed by atoms with E-state index in [1.54, 1.807) is 18.9 Å². The zero-order valence-electron chi connectivity index (χ0n) is 17.8. The van der Waals surface area contributed by atoms with Crippen LogP contribution in [0.2, 0.25) is 0 Å². The number of carbonyl (C=O) groups is 1. The first-order valence-corrected chi connectivity index (χ1v) is 12.8. The third kappa shape index (κ3) is 7.24. The molecular weight excluding hydrogens is 474 g/mol. The molecule has 0 bridgehead atoms. The van der Waals surface area contributed by atoms with E-state index in [0.29, 0.717) is 11.4 Å². The molecule has 1 aromatic heterocycles. The SMILES string of the molecule is COc1ccc(CSc2nnc(SCC(=O)Nc3ccc(Oc4ccccc4)cc3)s2)cc1. The lowest BCUT2D eigenvalue weighted by atomic mass is 10.2. The highest BCUT2D eigenvalue weighted by atomic mass is 32.2. The Labute approximate surface area is 204 Å². The average Bonchev–Trinajstić information content (AvgIpc) is 3.32. The van der Waals surface area contributed by atoms with Crippen molar-refractivity contribution in [3.8, 4) is 17.2 Å². The fraction of sp³-hybridized carbons (Fsp3) is 0.125. The highest BCUT2D eigenvalue weighted by Gasteiger charge is 2.10. The minimum absolute atomic E-state index is 0.0978. The first-order chi connectivity index (χ1) is 16.2. The van der Waals surface area contributed by atoms with E-state index in [4.69, 9.17) is 9.47 Å². The topological polar surface area (TPSA) is 73.3 Å². The Morgan fingerprint density at radius 2 is 1.48 bits per heavy atom. The van der Waals surface area contributed by atoms with Crippen molar-refractivity contribution in [1.29, 1.82) is 0 Å². The number of rotatable bonds is 10. The molecule has 0 fully saturated rings. The van der Waals surface area contributed by atoms with Crippen LogP contribution in [0.3, 0.4) is 0 Å². The number of methoxy groups -OCH3 is 1. The first kappa shape index (κ1) is 23.2. The molecule has 4 rings (SSSR count). The highest BCUT2D eigenvalue weighted by Crippen LogP contribution is 2.31. The number of aromatic nitrogens is 2. The Kier molecular flexibility index (Phi) is 8.24. The van der Waals surface area contributed by atoms with Gasteiger partial charge in [0.05, 0.1) is 12.9 Å². The number of anilines is 1. The number of amides is 1. The van der Waals surface area contributed by atoms with Gasteiger partial charge in [0, 0.05) is 11.4 Å². The molecule has 0 unspecified atom stereocenters. The van der Waals surface area contributed by atoms with Crippen molar-refractivity contribution in [2.45, 2.75) is 14.4 Å². The summed E-state index contributed by atoms with van der Waals surface area (Å²) in [5.74, 6) is 3.28. The molecule has 1 heterocycles. The van der Waals surface area contributed by atoms with Gasteiger partial charge in [-0.2, -0.15) is 0 Å². The van der Waals surface area contributed by atoms with Gasteiger partial charge < -0.3 is 14.8 Å². The molecule has 0 radical (unpaired) electrons. The van der Waals surface area contributed by atoms with Gasteiger partial charge in [-0.1, -0.05) is 65.2 Å². The summed E-state index contributed by atoms with van der Waals surface area (Å²) in [6, 6.07) is 24.8. The summed E-state index contributed by atoms with van der Waals surface area (Å²) >= 11 is 4.50. The third-order valence-electron chi connectivity index (χ3n) is 4.35. The Morgan fingerprint density at radius 3 is 2.18 bits per heavy atom. The smallest absolute Gasteiger partial charge is 0.234 e. The first-order valence-electron chi connectivity index (χ1n) is 10.0. The standard InChI is InChI=1S/C24H21N3O3S3/c1-29-19-11-7-17(8-12-19)15-31-23-26-27-24(33-23)32-16-22(28)25-18-9-13-21(14-10-18)30-20-5-3-2-4-6-20/h2-14H,15-16H2,1H3,(H,25,28). The molecular formula is C24H21N3O3S3. The predicted molar refractivity (Wildman–Crippen MR) is 135 cm³/mol. The number of benzene rings is 3. The molecule has 1 N–H and O–H groups in total. The van der Waals surface area contributed by atoms with E-state index in [1.807, 2.05) is 78.9 Å². The summed E-state index contributed by atoms with van der Waals surface area (Å²) in [6.45, 7) is 0. The number of para-hydroxylation sites is 1. The molecule has 0 aliphatic heterocycles. The van der Waals surface area contributed by atoms with Gasteiger partial charge in [0.15, 0.2) is 8.68 Å². The number of nitrogens with one attached hydrogen (secondary N) is 1. The molecule has 0 aliphatic carbocycles. The Balaban J connectivity index is 1.21. The van der Waals surface area contributed by atoms with E-state index < -0.39 is 0 Å². The van der Waals surface area contributed by atoms with Crippen molar-refractivity contribution in [2.24, 2.45) is 0 Å². The molecule has 0 spiro atoms. The van der Waals surface area contributed by atoms with E-state index in [1.165, 1.54) is 28.7 Å².